The highest BCUT2D eigenvalue weighted by Gasteiger charge is 2.51. The van der Waals surface area contributed by atoms with Crippen LogP contribution in [-0.2, 0) is 14.1 Å². The van der Waals surface area contributed by atoms with Gasteiger partial charge in [0.1, 0.15) is 0 Å². The van der Waals surface area contributed by atoms with Crippen molar-refractivity contribution >= 4 is 46.5 Å². The molecule has 0 unspecified atom stereocenters. The third-order valence-corrected chi connectivity index (χ3v) is 8.97. The summed E-state index contributed by atoms with van der Waals surface area (Å²) in [6.45, 7) is 12.2. The van der Waals surface area contributed by atoms with Gasteiger partial charge in [-0.25, -0.2) is 4.99 Å². The summed E-state index contributed by atoms with van der Waals surface area (Å²) in [5.41, 5.74) is 4.23. The Morgan fingerprint density at radius 1 is 0.955 bits per heavy atom. The van der Waals surface area contributed by atoms with Crippen LogP contribution in [0.4, 0.5) is 11.4 Å². The Hall–Kier alpha value is -3.96. The van der Waals surface area contributed by atoms with Crippen LogP contribution in [0.25, 0.3) is 10.9 Å². The van der Waals surface area contributed by atoms with Gasteiger partial charge in [0.25, 0.3) is 0 Å². The van der Waals surface area contributed by atoms with E-state index in [2.05, 4.69) is 27.1 Å². The highest BCUT2D eigenvalue weighted by Crippen LogP contribution is 2.37. The Balaban J connectivity index is 1.27. The second-order valence-electron chi connectivity index (χ2n) is 12.7. The van der Waals surface area contributed by atoms with Crippen molar-refractivity contribution in [3.8, 4) is 5.88 Å². The van der Waals surface area contributed by atoms with Gasteiger partial charge in [-0.2, -0.15) is 0 Å². The predicted octanol–water partition coefficient (Wildman–Crippen LogP) is 4.53. The summed E-state index contributed by atoms with van der Waals surface area (Å²) in [6.07, 6.45) is 0. The number of aromatic hydroxyl groups is 1. The number of aliphatic imine (C=N–C) groups is 1. The minimum Gasteiger partial charge on any atom is -0.494 e. The fraction of sp³-hybridized carbons (Fsp3) is 0.353. The van der Waals surface area contributed by atoms with Gasteiger partial charge >= 0.3 is 7.12 Å². The summed E-state index contributed by atoms with van der Waals surface area (Å²) in [7, 11) is 1.59. The van der Waals surface area contributed by atoms with E-state index in [1.807, 2.05) is 100 Å². The summed E-state index contributed by atoms with van der Waals surface area (Å²) in [4.78, 5) is 25.2. The van der Waals surface area contributed by atoms with Crippen molar-refractivity contribution in [2.24, 2.45) is 4.99 Å². The number of nitrogens with one attached hydrogen (secondary N) is 2. The lowest BCUT2D eigenvalue weighted by molar-refractivity contribution is -0.117. The number of H-pyrrole nitrogens is 1. The largest absolute Gasteiger partial charge is 0.494 e. The number of piperazine rings is 1. The van der Waals surface area contributed by atoms with E-state index in [9.17, 15) is 9.90 Å². The molecule has 2 aliphatic heterocycles. The first-order valence-corrected chi connectivity index (χ1v) is 15.1. The molecule has 4 aromatic rings. The van der Waals surface area contributed by atoms with Gasteiger partial charge in [-0.1, -0.05) is 42.5 Å². The number of carbonyl (C=O) groups excluding carboxylic acids is 1. The van der Waals surface area contributed by atoms with E-state index in [-0.39, 0.29) is 11.8 Å². The fourth-order valence-electron chi connectivity index (χ4n) is 5.59. The van der Waals surface area contributed by atoms with Crippen LogP contribution in [0.3, 0.4) is 0 Å². The molecule has 1 amide bonds. The van der Waals surface area contributed by atoms with Crippen molar-refractivity contribution in [1.29, 1.82) is 0 Å². The van der Waals surface area contributed by atoms with Crippen molar-refractivity contribution in [1.82, 2.24) is 14.8 Å². The van der Waals surface area contributed by atoms with Crippen LogP contribution in [0.5, 0.6) is 5.88 Å². The Labute approximate surface area is 259 Å². The average molecular weight is 594 g/mol. The lowest BCUT2D eigenvalue weighted by Crippen LogP contribution is -2.47. The first-order valence-electron chi connectivity index (χ1n) is 15.1. The Bertz CT molecular complexity index is 1660. The maximum absolute atomic E-state index is 12.7. The smallest absolute Gasteiger partial charge is 0.494 e. The van der Waals surface area contributed by atoms with Gasteiger partial charge in [0, 0.05) is 48.3 Å². The zero-order valence-electron chi connectivity index (χ0n) is 26.1. The van der Waals surface area contributed by atoms with Crippen LogP contribution < -0.4 is 10.8 Å². The molecule has 0 saturated carbocycles. The molecule has 2 saturated heterocycles. The Morgan fingerprint density at radius 3 is 2.27 bits per heavy atom. The maximum atomic E-state index is 12.7. The number of likely N-dealkylation sites (N-methyl/N-ethyl adjacent to an activating group) is 1. The quantitative estimate of drug-likeness (QED) is 0.215. The molecule has 3 N–H and O–H groups in total. The number of anilines is 1. The third kappa shape index (κ3) is 6.16. The molecule has 3 aromatic carbocycles. The second kappa shape index (κ2) is 11.9. The normalized spacial score (nSPS) is 19.0. The molecule has 1 aromatic heterocycles. The van der Waals surface area contributed by atoms with Crippen molar-refractivity contribution in [2.75, 3.05) is 45.1 Å². The molecule has 0 bridgehead atoms. The average Bonchev–Trinajstić information content (AvgIpc) is 3.43. The lowest BCUT2D eigenvalue weighted by Gasteiger charge is -2.32. The number of hydrogen-bond acceptors (Lipinski definition) is 7. The van der Waals surface area contributed by atoms with E-state index in [0.717, 1.165) is 53.8 Å². The molecule has 6 rings (SSSR count). The molecule has 0 aliphatic carbocycles. The standard InChI is InChI=1S/C34H40BN5O4/c1-33(2)34(3,4)44-35(43-33)24-11-16-27-28(21-24)38-32(42)30(27)31(23-9-7-6-8-10-23)37-26-14-12-25(13-15-26)36-29(41)22-40-19-17-39(5)18-20-40/h6-16,21,38,42H,17-20,22H2,1-5H3,(H,36,41). The summed E-state index contributed by atoms with van der Waals surface area (Å²) in [6, 6.07) is 23.2. The summed E-state index contributed by atoms with van der Waals surface area (Å²) >= 11 is 0. The first-order chi connectivity index (χ1) is 21.0. The molecule has 3 heterocycles. The Morgan fingerprint density at radius 2 is 1.61 bits per heavy atom. The molecule has 228 valence electrons. The van der Waals surface area contributed by atoms with Gasteiger partial charge in [-0.3, -0.25) is 9.69 Å². The number of amides is 1. The highest BCUT2D eigenvalue weighted by molar-refractivity contribution is 6.62. The molecule has 0 radical (unpaired) electrons. The van der Waals surface area contributed by atoms with Crippen molar-refractivity contribution in [2.45, 2.75) is 38.9 Å². The van der Waals surface area contributed by atoms with E-state index in [4.69, 9.17) is 14.3 Å². The van der Waals surface area contributed by atoms with Gasteiger partial charge in [-0.15, -0.1) is 0 Å². The maximum Gasteiger partial charge on any atom is 0.494 e. The van der Waals surface area contributed by atoms with Crippen molar-refractivity contribution < 1.29 is 19.2 Å². The number of rotatable bonds is 7. The monoisotopic (exact) mass is 593 g/mol. The number of nitrogens with zero attached hydrogens (tertiary/aromatic N) is 3. The van der Waals surface area contributed by atoms with Crippen LogP contribution in [0, 0.1) is 0 Å². The summed E-state index contributed by atoms with van der Waals surface area (Å²) in [5, 5.41) is 15.0. The number of aromatic amines is 1. The fourth-order valence-corrected chi connectivity index (χ4v) is 5.59. The molecular formula is C34H40BN5O4. The van der Waals surface area contributed by atoms with Crippen LogP contribution in [-0.4, -0.2) is 89.6 Å². The van der Waals surface area contributed by atoms with Gasteiger partial charge in [0.2, 0.25) is 5.91 Å². The van der Waals surface area contributed by atoms with Crippen molar-refractivity contribution in [3.63, 3.8) is 0 Å². The summed E-state index contributed by atoms with van der Waals surface area (Å²) in [5.74, 6) is 0.000792. The van der Waals surface area contributed by atoms with E-state index in [1.165, 1.54) is 0 Å². The van der Waals surface area contributed by atoms with Crippen molar-refractivity contribution in [3.05, 3.63) is 83.9 Å². The zero-order chi connectivity index (χ0) is 31.1. The van der Waals surface area contributed by atoms with Crippen LogP contribution >= 0.6 is 0 Å². The first kappa shape index (κ1) is 30.1. The lowest BCUT2D eigenvalue weighted by atomic mass is 9.78. The molecular weight excluding hydrogens is 553 g/mol. The highest BCUT2D eigenvalue weighted by atomic mass is 16.7. The summed E-state index contributed by atoms with van der Waals surface area (Å²) < 4.78 is 12.5. The van der Waals surface area contributed by atoms with Gasteiger partial charge in [0.05, 0.1) is 34.7 Å². The van der Waals surface area contributed by atoms with Crippen LogP contribution in [0.1, 0.15) is 38.8 Å². The van der Waals surface area contributed by atoms with E-state index < -0.39 is 18.3 Å². The van der Waals surface area contributed by atoms with E-state index in [1.54, 1.807) is 0 Å². The van der Waals surface area contributed by atoms with Crippen LogP contribution in [0.2, 0.25) is 0 Å². The molecule has 2 aliphatic rings. The molecule has 10 heteroatoms. The van der Waals surface area contributed by atoms with E-state index >= 15 is 0 Å². The molecule has 0 atom stereocenters. The Kier molecular flexibility index (Phi) is 8.11. The molecule has 0 spiro atoms. The zero-order valence-corrected chi connectivity index (χ0v) is 26.1. The topological polar surface area (TPSA) is 102 Å². The number of benzene rings is 3. The number of aromatic nitrogens is 1. The second-order valence-corrected chi connectivity index (χ2v) is 12.7. The minimum absolute atomic E-state index is 0.0283. The van der Waals surface area contributed by atoms with Gasteiger partial charge < -0.3 is 29.6 Å². The number of carbonyl (C=O) groups is 1. The third-order valence-electron chi connectivity index (χ3n) is 8.97. The number of fused-ring (bicyclic) bond motifs is 1. The van der Waals surface area contributed by atoms with Gasteiger partial charge in [0.15, 0.2) is 5.88 Å². The van der Waals surface area contributed by atoms with Crippen LogP contribution in [0.15, 0.2) is 77.8 Å². The molecule has 44 heavy (non-hydrogen) atoms. The molecule has 9 nitrogen and oxygen atoms in total. The predicted molar refractivity (Wildman–Crippen MR) is 176 cm³/mol. The molecule has 2 fully saturated rings. The SMILES string of the molecule is CN1CCN(CC(=O)Nc2ccc(N=C(c3ccccc3)c3c(O)[nH]c4cc(B5OC(C)(C)C(C)(C)O5)ccc34)cc2)CC1. The number of hydrogen-bond donors (Lipinski definition) is 3. The van der Waals surface area contributed by atoms with Gasteiger partial charge in [-0.05, 0) is 70.5 Å². The van der Waals surface area contributed by atoms with E-state index in [0.29, 0.717) is 23.5 Å². The minimum atomic E-state index is -0.513.